The fourth-order valence-corrected chi connectivity index (χ4v) is 2.88. The monoisotopic (exact) mass is 399 g/mol. The second-order valence-corrected chi connectivity index (χ2v) is 6.40. The summed E-state index contributed by atoms with van der Waals surface area (Å²) in [5.41, 5.74) is 6.94. The highest BCUT2D eigenvalue weighted by Crippen LogP contribution is 2.34. The zero-order valence-electron chi connectivity index (χ0n) is 14.5. The lowest BCUT2D eigenvalue weighted by atomic mass is 10.1. The van der Waals surface area contributed by atoms with Gasteiger partial charge < -0.3 is 11.1 Å². The van der Waals surface area contributed by atoms with Crippen LogP contribution >= 0.6 is 23.2 Å². The van der Waals surface area contributed by atoms with Crippen molar-refractivity contribution in [2.24, 2.45) is 5.73 Å². The summed E-state index contributed by atoms with van der Waals surface area (Å²) in [6, 6.07) is 16.1. The topological polar surface area (TPSA) is 84.1 Å². The van der Waals surface area contributed by atoms with Gasteiger partial charge in [-0.3, -0.25) is 9.69 Å². The second kappa shape index (κ2) is 7.70. The molecule has 0 saturated heterocycles. The molecule has 0 fully saturated rings. The number of halogens is 2. The van der Waals surface area contributed by atoms with Gasteiger partial charge in [-0.05, 0) is 37.3 Å². The van der Waals surface area contributed by atoms with Crippen molar-refractivity contribution in [1.29, 1.82) is 0 Å². The van der Waals surface area contributed by atoms with Crippen LogP contribution < -0.4 is 16.0 Å². The Labute approximate surface area is 166 Å². The number of carbonyl (C=O) groups is 1. The molecule has 0 radical (unpaired) electrons. The number of fused-ring (bicyclic) bond motifs is 1. The van der Waals surface area contributed by atoms with Gasteiger partial charge in [-0.2, -0.15) is 0 Å². The third kappa shape index (κ3) is 3.75. The standard InChI is InChI=1S/C19H15Cl2N5O/c1-11-24-17-13(18(22)27)4-3-5-14(17)19(25-11)26(9-8-23-2)12-6-7-15(20)16(21)10-12/h3-7,10,23H,1-2H3,(H2,22,27). The molecule has 136 valence electrons. The fourth-order valence-electron chi connectivity index (χ4n) is 2.59. The van der Waals surface area contributed by atoms with Gasteiger partial charge in [-0.15, -0.1) is 0 Å². The van der Waals surface area contributed by atoms with Gasteiger partial charge in [-0.25, -0.2) is 9.97 Å². The van der Waals surface area contributed by atoms with Gasteiger partial charge in [0, 0.05) is 24.5 Å². The summed E-state index contributed by atoms with van der Waals surface area (Å²) < 4.78 is 0. The van der Waals surface area contributed by atoms with E-state index in [1.165, 1.54) is 0 Å². The third-order valence-electron chi connectivity index (χ3n) is 3.75. The normalized spacial score (nSPS) is 10.2. The highest BCUT2D eigenvalue weighted by molar-refractivity contribution is 6.42. The number of nitrogens with zero attached hydrogens (tertiary/aromatic N) is 3. The largest absolute Gasteiger partial charge is 0.366 e. The Kier molecular flexibility index (Phi) is 5.36. The van der Waals surface area contributed by atoms with Crippen molar-refractivity contribution in [2.75, 3.05) is 11.9 Å². The number of benzene rings is 2. The maximum atomic E-state index is 11.8. The van der Waals surface area contributed by atoms with E-state index in [1.807, 2.05) is 6.07 Å². The number of hydrogen-bond donors (Lipinski definition) is 2. The molecule has 1 amide bonds. The van der Waals surface area contributed by atoms with Crippen LogP contribution in [0.2, 0.25) is 10.0 Å². The van der Waals surface area contributed by atoms with Gasteiger partial charge in [-0.1, -0.05) is 29.3 Å². The first-order chi connectivity index (χ1) is 12.9. The molecule has 27 heavy (non-hydrogen) atoms. The number of nitrogens with one attached hydrogen (secondary N) is 1. The van der Waals surface area contributed by atoms with E-state index in [0.717, 1.165) is 0 Å². The summed E-state index contributed by atoms with van der Waals surface area (Å²) in [5, 5.41) is 4.23. The Morgan fingerprint density at radius 1 is 1.19 bits per heavy atom. The molecule has 3 rings (SSSR count). The first-order valence-electron chi connectivity index (χ1n) is 7.92. The number of rotatable bonds is 3. The van der Waals surface area contributed by atoms with Crippen LogP contribution in [0.1, 0.15) is 16.2 Å². The van der Waals surface area contributed by atoms with Gasteiger partial charge in [0.25, 0.3) is 5.91 Å². The molecule has 3 aromatic rings. The highest BCUT2D eigenvalue weighted by Gasteiger charge is 2.18. The van der Waals surface area contributed by atoms with Gasteiger partial charge in [0.2, 0.25) is 0 Å². The van der Waals surface area contributed by atoms with Crippen LogP contribution in [0.5, 0.6) is 0 Å². The van der Waals surface area contributed by atoms with Crippen molar-refractivity contribution >= 4 is 51.5 Å². The van der Waals surface area contributed by atoms with Crippen molar-refractivity contribution < 1.29 is 4.79 Å². The smallest absolute Gasteiger partial charge is 0.250 e. The van der Waals surface area contributed by atoms with Crippen LogP contribution in [0.25, 0.3) is 10.9 Å². The third-order valence-corrected chi connectivity index (χ3v) is 4.49. The number of nitrogens with two attached hydrogens (primary N) is 1. The molecule has 0 aliphatic rings. The lowest BCUT2D eigenvalue weighted by molar-refractivity contribution is 0.100. The Morgan fingerprint density at radius 2 is 1.96 bits per heavy atom. The average molecular weight is 400 g/mol. The summed E-state index contributed by atoms with van der Waals surface area (Å²) >= 11 is 12.2. The number of anilines is 2. The number of amides is 1. The molecule has 3 N–H and O–H groups in total. The van der Waals surface area contributed by atoms with Crippen LogP contribution in [-0.2, 0) is 0 Å². The van der Waals surface area contributed by atoms with Crippen molar-refractivity contribution in [3.63, 3.8) is 0 Å². The number of aromatic nitrogens is 2. The first-order valence-corrected chi connectivity index (χ1v) is 8.67. The van der Waals surface area contributed by atoms with Crippen LogP contribution in [0.15, 0.2) is 36.4 Å². The van der Waals surface area contributed by atoms with E-state index in [2.05, 4.69) is 27.4 Å². The molecule has 0 bridgehead atoms. The fraction of sp³-hybridized carbons (Fsp3) is 0.105. The van der Waals surface area contributed by atoms with Crippen LogP contribution in [-0.4, -0.2) is 22.9 Å². The Hall–Kier alpha value is -3.01. The van der Waals surface area contributed by atoms with Gasteiger partial charge >= 0.3 is 0 Å². The SMILES string of the molecule is CNC#CN(c1ccc(Cl)c(Cl)c1)c1nc(C)nc2c(C(N)=O)cccc12. The van der Waals surface area contributed by atoms with E-state index in [9.17, 15) is 4.79 Å². The minimum atomic E-state index is -0.563. The molecule has 0 unspecified atom stereocenters. The average Bonchev–Trinajstić information content (AvgIpc) is 2.64. The van der Waals surface area contributed by atoms with E-state index < -0.39 is 5.91 Å². The van der Waals surface area contributed by atoms with Crippen LogP contribution in [0.3, 0.4) is 0 Å². The zero-order chi connectivity index (χ0) is 19.6. The number of para-hydroxylation sites is 1. The molecule has 0 spiro atoms. The number of primary amides is 1. The van der Waals surface area contributed by atoms with Crippen molar-refractivity contribution in [1.82, 2.24) is 15.3 Å². The molecule has 8 heteroatoms. The summed E-state index contributed by atoms with van der Waals surface area (Å²) in [4.78, 5) is 22.4. The predicted octanol–water partition coefficient (Wildman–Crippen LogP) is 3.62. The second-order valence-electron chi connectivity index (χ2n) is 5.58. The van der Waals surface area contributed by atoms with Crippen LogP contribution in [0.4, 0.5) is 11.5 Å². The molecular weight excluding hydrogens is 385 g/mol. The minimum Gasteiger partial charge on any atom is -0.366 e. The summed E-state index contributed by atoms with van der Waals surface area (Å²) in [5.74, 6) is 0.413. The van der Waals surface area contributed by atoms with Gasteiger partial charge in [0.15, 0.2) is 5.82 Å². The molecule has 1 heterocycles. The molecule has 1 aromatic heterocycles. The Morgan fingerprint density at radius 3 is 2.63 bits per heavy atom. The predicted molar refractivity (Wildman–Crippen MR) is 108 cm³/mol. The van der Waals surface area contributed by atoms with E-state index in [1.54, 1.807) is 49.2 Å². The zero-order valence-corrected chi connectivity index (χ0v) is 16.1. The van der Waals surface area contributed by atoms with Crippen molar-refractivity contribution in [3.05, 3.63) is 57.8 Å². The van der Waals surface area contributed by atoms with Crippen LogP contribution in [0, 0.1) is 19.0 Å². The van der Waals surface area contributed by atoms with E-state index >= 15 is 0 Å². The van der Waals surface area contributed by atoms with E-state index in [0.29, 0.717) is 43.8 Å². The lowest BCUT2D eigenvalue weighted by Gasteiger charge is -2.20. The molecule has 2 aromatic carbocycles. The van der Waals surface area contributed by atoms with Crippen molar-refractivity contribution in [3.8, 4) is 12.1 Å². The first kappa shape index (κ1) is 18.8. The Balaban J connectivity index is 2.32. The molecule has 0 aliphatic heterocycles. The number of aryl methyl sites for hydroxylation is 1. The summed E-state index contributed by atoms with van der Waals surface area (Å²) in [6.07, 6.45) is 0. The summed E-state index contributed by atoms with van der Waals surface area (Å²) in [7, 11) is 1.70. The summed E-state index contributed by atoms with van der Waals surface area (Å²) in [6.45, 7) is 1.74. The van der Waals surface area contributed by atoms with Gasteiger partial charge in [0.05, 0.1) is 26.8 Å². The maximum Gasteiger partial charge on any atom is 0.250 e. The lowest BCUT2D eigenvalue weighted by Crippen LogP contribution is -2.16. The molecule has 0 saturated carbocycles. The molecule has 0 aliphatic carbocycles. The molecular formula is C19H15Cl2N5O. The molecule has 0 atom stereocenters. The quantitative estimate of drug-likeness (QED) is 0.518. The maximum absolute atomic E-state index is 11.8. The number of carbonyl (C=O) groups excluding carboxylic acids is 1. The van der Waals surface area contributed by atoms with Crippen molar-refractivity contribution in [2.45, 2.75) is 6.92 Å². The van der Waals surface area contributed by atoms with Gasteiger partial charge in [0.1, 0.15) is 5.82 Å². The molecule has 6 nitrogen and oxygen atoms in total. The number of hydrogen-bond acceptors (Lipinski definition) is 5. The highest BCUT2D eigenvalue weighted by atomic mass is 35.5. The minimum absolute atomic E-state index is 0.315. The van der Waals surface area contributed by atoms with E-state index in [-0.39, 0.29) is 0 Å². The Bertz CT molecular complexity index is 1100. The van der Waals surface area contributed by atoms with E-state index in [4.69, 9.17) is 28.9 Å².